The zero-order valence-corrected chi connectivity index (χ0v) is 13.0. The molecule has 1 N–H and O–H groups in total. The van der Waals surface area contributed by atoms with E-state index in [0.29, 0.717) is 0 Å². The summed E-state index contributed by atoms with van der Waals surface area (Å²) in [6.45, 7) is 4.93. The Morgan fingerprint density at radius 1 is 1.19 bits per heavy atom. The van der Waals surface area contributed by atoms with Gasteiger partial charge in [0.25, 0.3) is 0 Å². The summed E-state index contributed by atoms with van der Waals surface area (Å²) in [6, 6.07) is 14.3. The van der Waals surface area contributed by atoms with Crippen molar-refractivity contribution in [3.05, 3.63) is 48.0 Å². The van der Waals surface area contributed by atoms with Crippen LogP contribution in [0.1, 0.15) is 18.9 Å². The van der Waals surface area contributed by atoms with E-state index < -0.39 is 0 Å². The summed E-state index contributed by atoms with van der Waals surface area (Å²) in [5.74, 6) is 0.958. The van der Waals surface area contributed by atoms with E-state index in [-0.39, 0.29) is 0 Å². The Morgan fingerprint density at radius 3 is 2.76 bits per heavy atom. The lowest BCUT2D eigenvalue weighted by atomic mass is 10.2. The van der Waals surface area contributed by atoms with Crippen molar-refractivity contribution < 1.29 is 4.74 Å². The number of thiazole rings is 1. The summed E-state index contributed by atoms with van der Waals surface area (Å²) in [4.78, 5) is 4.64. The van der Waals surface area contributed by atoms with Gasteiger partial charge in [-0.1, -0.05) is 36.5 Å². The first-order valence-corrected chi connectivity index (χ1v) is 7.94. The maximum Gasteiger partial charge on any atom is 0.188 e. The number of aromatic nitrogens is 1. The molecule has 4 heteroatoms. The molecule has 0 spiro atoms. The van der Waals surface area contributed by atoms with E-state index >= 15 is 0 Å². The molecule has 0 saturated carbocycles. The van der Waals surface area contributed by atoms with Crippen LogP contribution >= 0.6 is 11.3 Å². The predicted octanol–water partition coefficient (Wildman–Crippen LogP) is 5.14. The Kier molecular flexibility index (Phi) is 4.06. The fraction of sp³-hybridized carbons (Fsp3) is 0.235. The highest BCUT2D eigenvalue weighted by molar-refractivity contribution is 7.22. The van der Waals surface area contributed by atoms with Gasteiger partial charge in [0.05, 0.1) is 16.8 Å². The zero-order chi connectivity index (χ0) is 14.7. The Balaban J connectivity index is 1.89. The standard InChI is InChI=1S/C17H18N2OS/c1-3-9-20-15-11-16-14(10-12(15)2)19-17(21-16)18-13-7-5-4-6-8-13/h4-8,10-11H,3,9H2,1-2H3,(H,18,19). The molecule has 3 rings (SSSR count). The van der Waals surface area contributed by atoms with Gasteiger partial charge < -0.3 is 10.1 Å². The molecule has 0 aliphatic carbocycles. The van der Waals surface area contributed by atoms with Crippen LogP contribution in [0.2, 0.25) is 0 Å². The number of benzene rings is 2. The van der Waals surface area contributed by atoms with E-state index in [9.17, 15) is 0 Å². The molecule has 1 aromatic heterocycles. The number of ether oxygens (including phenoxy) is 1. The van der Waals surface area contributed by atoms with Crippen LogP contribution in [0.15, 0.2) is 42.5 Å². The van der Waals surface area contributed by atoms with Crippen molar-refractivity contribution in [2.24, 2.45) is 0 Å². The smallest absolute Gasteiger partial charge is 0.188 e. The van der Waals surface area contributed by atoms with Crippen LogP contribution in [0.4, 0.5) is 10.8 Å². The fourth-order valence-corrected chi connectivity index (χ4v) is 3.02. The molecule has 0 atom stereocenters. The maximum atomic E-state index is 5.78. The molecule has 0 bridgehead atoms. The lowest BCUT2D eigenvalue weighted by Crippen LogP contribution is -1.96. The molecule has 1 heterocycles. The number of hydrogen-bond acceptors (Lipinski definition) is 4. The Hall–Kier alpha value is -2.07. The molecule has 0 fully saturated rings. The van der Waals surface area contributed by atoms with Gasteiger partial charge in [-0.2, -0.15) is 0 Å². The average Bonchev–Trinajstić information content (AvgIpc) is 2.87. The summed E-state index contributed by atoms with van der Waals surface area (Å²) in [6.07, 6.45) is 1.01. The Bertz CT molecular complexity index is 737. The van der Waals surface area contributed by atoms with Crippen LogP contribution in [-0.2, 0) is 0 Å². The minimum Gasteiger partial charge on any atom is -0.493 e. The number of nitrogens with zero attached hydrogens (tertiary/aromatic N) is 1. The van der Waals surface area contributed by atoms with Crippen LogP contribution in [0.5, 0.6) is 5.75 Å². The molecule has 0 aliphatic rings. The van der Waals surface area contributed by atoms with Gasteiger partial charge in [0, 0.05) is 5.69 Å². The lowest BCUT2D eigenvalue weighted by Gasteiger charge is -2.07. The molecule has 0 radical (unpaired) electrons. The number of aryl methyl sites for hydroxylation is 1. The fourth-order valence-electron chi connectivity index (χ4n) is 2.13. The molecular weight excluding hydrogens is 280 g/mol. The van der Waals surface area contributed by atoms with Crippen molar-refractivity contribution in [3.8, 4) is 5.75 Å². The summed E-state index contributed by atoms with van der Waals surface area (Å²) in [5.41, 5.74) is 3.20. The van der Waals surface area contributed by atoms with E-state index in [0.717, 1.165) is 45.4 Å². The summed E-state index contributed by atoms with van der Waals surface area (Å²) >= 11 is 1.65. The highest BCUT2D eigenvalue weighted by Crippen LogP contribution is 2.33. The number of anilines is 2. The first-order chi connectivity index (χ1) is 10.3. The van der Waals surface area contributed by atoms with Crippen molar-refractivity contribution in [2.75, 3.05) is 11.9 Å². The third kappa shape index (κ3) is 3.16. The van der Waals surface area contributed by atoms with E-state index in [2.05, 4.69) is 36.3 Å². The molecule has 3 nitrogen and oxygen atoms in total. The van der Waals surface area contributed by atoms with Gasteiger partial charge in [-0.25, -0.2) is 4.98 Å². The first kappa shape index (κ1) is 13.9. The molecule has 0 aliphatic heterocycles. The zero-order valence-electron chi connectivity index (χ0n) is 12.2. The largest absolute Gasteiger partial charge is 0.493 e. The molecule has 3 aromatic rings. The van der Waals surface area contributed by atoms with Gasteiger partial charge in [0.15, 0.2) is 5.13 Å². The monoisotopic (exact) mass is 298 g/mol. The van der Waals surface area contributed by atoms with Gasteiger partial charge >= 0.3 is 0 Å². The van der Waals surface area contributed by atoms with E-state index in [4.69, 9.17) is 4.74 Å². The van der Waals surface area contributed by atoms with Gasteiger partial charge in [-0.3, -0.25) is 0 Å². The summed E-state index contributed by atoms with van der Waals surface area (Å²) < 4.78 is 6.92. The topological polar surface area (TPSA) is 34.1 Å². The third-order valence-electron chi connectivity index (χ3n) is 3.17. The number of fused-ring (bicyclic) bond motifs is 1. The molecule has 0 unspecified atom stereocenters. The van der Waals surface area contributed by atoms with Crippen molar-refractivity contribution >= 4 is 32.4 Å². The van der Waals surface area contributed by atoms with Crippen LogP contribution in [0.3, 0.4) is 0 Å². The molecule has 108 valence electrons. The first-order valence-electron chi connectivity index (χ1n) is 7.12. The highest BCUT2D eigenvalue weighted by Gasteiger charge is 2.08. The minimum absolute atomic E-state index is 0.750. The Labute approximate surface area is 128 Å². The van der Waals surface area contributed by atoms with Crippen molar-refractivity contribution in [3.63, 3.8) is 0 Å². The number of rotatable bonds is 5. The molecule has 0 saturated heterocycles. The summed E-state index contributed by atoms with van der Waals surface area (Å²) in [5, 5.41) is 4.25. The quantitative estimate of drug-likeness (QED) is 0.708. The van der Waals surface area contributed by atoms with Gasteiger partial charge in [0.2, 0.25) is 0 Å². The van der Waals surface area contributed by atoms with Crippen molar-refractivity contribution in [1.82, 2.24) is 4.98 Å². The SMILES string of the molecule is CCCOc1cc2sc(Nc3ccccc3)nc2cc1C. The number of para-hydroxylation sites is 1. The highest BCUT2D eigenvalue weighted by atomic mass is 32.1. The van der Waals surface area contributed by atoms with Crippen LogP contribution in [0.25, 0.3) is 10.2 Å². The molecule has 0 amide bonds. The van der Waals surface area contributed by atoms with E-state index in [1.54, 1.807) is 11.3 Å². The third-order valence-corrected chi connectivity index (χ3v) is 4.11. The van der Waals surface area contributed by atoms with Crippen LogP contribution in [0, 0.1) is 6.92 Å². The van der Waals surface area contributed by atoms with Gasteiger partial charge in [-0.15, -0.1) is 0 Å². The molecular formula is C17H18N2OS. The molecule has 21 heavy (non-hydrogen) atoms. The predicted molar refractivity (Wildman–Crippen MR) is 89.9 cm³/mol. The van der Waals surface area contributed by atoms with E-state index in [1.807, 2.05) is 30.3 Å². The second-order valence-electron chi connectivity index (χ2n) is 4.94. The van der Waals surface area contributed by atoms with Crippen molar-refractivity contribution in [2.45, 2.75) is 20.3 Å². The molecule has 2 aromatic carbocycles. The second kappa shape index (κ2) is 6.14. The van der Waals surface area contributed by atoms with Crippen LogP contribution in [-0.4, -0.2) is 11.6 Å². The average molecular weight is 298 g/mol. The number of nitrogens with one attached hydrogen (secondary N) is 1. The van der Waals surface area contributed by atoms with Gasteiger partial charge in [-0.05, 0) is 43.2 Å². The van der Waals surface area contributed by atoms with Crippen molar-refractivity contribution in [1.29, 1.82) is 0 Å². The maximum absolute atomic E-state index is 5.78. The van der Waals surface area contributed by atoms with Crippen LogP contribution < -0.4 is 10.1 Å². The Morgan fingerprint density at radius 2 is 2.00 bits per heavy atom. The minimum atomic E-state index is 0.750. The van der Waals surface area contributed by atoms with Gasteiger partial charge in [0.1, 0.15) is 5.75 Å². The number of hydrogen-bond donors (Lipinski definition) is 1. The second-order valence-corrected chi connectivity index (χ2v) is 5.97. The lowest BCUT2D eigenvalue weighted by molar-refractivity contribution is 0.316. The van der Waals surface area contributed by atoms with E-state index in [1.165, 1.54) is 0 Å². The normalized spacial score (nSPS) is 10.8. The summed E-state index contributed by atoms with van der Waals surface area (Å²) in [7, 11) is 0.